The maximum Gasteiger partial charge on any atom is 0.335 e. The molecule has 3 rings (SSSR count). The summed E-state index contributed by atoms with van der Waals surface area (Å²) in [6.45, 7) is 0. The number of sulfonamides is 1. The van der Waals surface area contributed by atoms with Gasteiger partial charge in [0, 0.05) is 5.92 Å². The molecule has 132 valence electrons. The Kier molecular flexibility index (Phi) is 5.11. The summed E-state index contributed by atoms with van der Waals surface area (Å²) in [6, 6.07) is 4.86. The maximum absolute atomic E-state index is 12.2. The van der Waals surface area contributed by atoms with E-state index in [9.17, 15) is 13.2 Å². The first kappa shape index (κ1) is 17.9. The molecule has 1 aliphatic rings. The van der Waals surface area contributed by atoms with Crippen LogP contribution >= 0.6 is 23.4 Å². The molecule has 1 aromatic carbocycles. The Labute approximate surface area is 153 Å². The number of rotatable bonds is 5. The first-order chi connectivity index (χ1) is 11.9. The van der Waals surface area contributed by atoms with Crippen molar-refractivity contribution in [2.24, 2.45) is 0 Å². The van der Waals surface area contributed by atoms with Crippen LogP contribution < -0.4 is 10.0 Å². The van der Waals surface area contributed by atoms with Crippen molar-refractivity contribution in [3.8, 4) is 0 Å². The Bertz CT molecular complexity index is 918. The highest BCUT2D eigenvalue weighted by molar-refractivity contribution is 7.98. The molecule has 2 aromatic rings. The highest BCUT2D eigenvalue weighted by atomic mass is 35.5. The van der Waals surface area contributed by atoms with E-state index in [2.05, 4.69) is 20.3 Å². The normalized spacial score (nSPS) is 14.2. The Morgan fingerprint density at radius 1 is 1.24 bits per heavy atom. The van der Waals surface area contributed by atoms with Crippen molar-refractivity contribution in [3.63, 3.8) is 0 Å². The van der Waals surface area contributed by atoms with Crippen LogP contribution in [0.25, 0.3) is 0 Å². The minimum Gasteiger partial charge on any atom is -0.275 e. The number of aromatic nitrogens is 3. The van der Waals surface area contributed by atoms with Crippen LogP contribution in [-0.2, 0) is 10.0 Å². The zero-order valence-corrected chi connectivity index (χ0v) is 15.5. The number of benzene rings is 1. The van der Waals surface area contributed by atoms with E-state index >= 15 is 0 Å². The third-order valence-corrected chi connectivity index (χ3v) is 5.71. The monoisotopic (exact) mass is 399 g/mol. The molecule has 25 heavy (non-hydrogen) atoms. The summed E-state index contributed by atoms with van der Waals surface area (Å²) in [5.74, 6) is 0.876. The summed E-state index contributed by atoms with van der Waals surface area (Å²) < 4.78 is 26.4. The van der Waals surface area contributed by atoms with Gasteiger partial charge < -0.3 is 0 Å². The fraction of sp³-hybridized carbons (Fsp3) is 0.286. The third kappa shape index (κ3) is 4.39. The summed E-state index contributed by atoms with van der Waals surface area (Å²) >= 11 is 7.18. The lowest BCUT2D eigenvalue weighted by molar-refractivity contribution is 0.256. The smallest absolute Gasteiger partial charge is 0.275 e. The highest BCUT2D eigenvalue weighted by Gasteiger charge is 2.28. The molecule has 0 spiro atoms. The van der Waals surface area contributed by atoms with Crippen molar-refractivity contribution in [3.05, 3.63) is 35.1 Å². The van der Waals surface area contributed by atoms with Crippen molar-refractivity contribution in [2.75, 3.05) is 11.6 Å². The summed E-state index contributed by atoms with van der Waals surface area (Å²) in [6.07, 6.45) is 3.78. The molecule has 1 heterocycles. The fourth-order valence-electron chi connectivity index (χ4n) is 2.01. The minimum atomic E-state index is -4.11. The van der Waals surface area contributed by atoms with Crippen LogP contribution in [0, 0.1) is 0 Å². The summed E-state index contributed by atoms with van der Waals surface area (Å²) in [4.78, 5) is 24.4. The zero-order chi connectivity index (χ0) is 18.0. The first-order valence-electron chi connectivity index (χ1n) is 7.27. The third-order valence-electron chi connectivity index (χ3n) is 3.34. The van der Waals surface area contributed by atoms with Gasteiger partial charge in [-0.1, -0.05) is 35.5 Å². The van der Waals surface area contributed by atoms with Crippen LogP contribution in [0.15, 0.2) is 34.3 Å². The van der Waals surface area contributed by atoms with Gasteiger partial charge in [-0.05, 0) is 31.2 Å². The van der Waals surface area contributed by atoms with Gasteiger partial charge in [0.05, 0.1) is 5.02 Å². The van der Waals surface area contributed by atoms with E-state index in [1.165, 1.54) is 30.0 Å². The van der Waals surface area contributed by atoms with Crippen LogP contribution in [0.2, 0.25) is 5.02 Å². The number of hydrogen-bond acceptors (Lipinski definition) is 7. The second kappa shape index (κ2) is 7.14. The number of halogens is 1. The SMILES string of the molecule is CSc1nc(NC(=O)NS(=O)(=O)c2ccccc2Cl)nc(C2CC2)n1. The number of urea groups is 1. The Hall–Kier alpha value is -1.91. The lowest BCUT2D eigenvalue weighted by atomic mass is 10.4. The minimum absolute atomic E-state index is 0.00751. The van der Waals surface area contributed by atoms with Gasteiger partial charge in [-0.3, -0.25) is 5.32 Å². The number of nitrogens with one attached hydrogen (secondary N) is 2. The molecule has 0 atom stereocenters. The molecule has 1 saturated carbocycles. The highest BCUT2D eigenvalue weighted by Crippen LogP contribution is 2.38. The topological polar surface area (TPSA) is 114 Å². The van der Waals surface area contributed by atoms with Crippen LogP contribution in [-0.4, -0.2) is 35.7 Å². The number of thioether (sulfide) groups is 1. The summed E-state index contributed by atoms with van der Waals surface area (Å²) in [5, 5.41) is 2.81. The van der Waals surface area contributed by atoms with E-state index in [0.717, 1.165) is 12.8 Å². The molecule has 2 N–H and O–H groups in total. The fourth-order valence-corrected chi connectivity index (χ4v) is 3.80. The predicted molar refractivity (Wildman–Crippen MR) is 94.4 cm³/mol. The molecule has 1 fully saturated rings. The van der Waals surface area contributed by atoms with Gasteiger partial charge in [0.25, 0.3) is 10.0 Å². The number of amides is 2. The van der Waals surface area contributed by atoms with E-state index in [1.54, 1.807) is 12.3 Å². The van der Waals surface area contributed by atoms with E-state index in [4.69, 9.17) is 11.6 Å². The standard InChI is InChI=1S/C14H14ClN5O3S2/c1-24-14-17-11(8-6-7-8)16-12(19-14)18-13(21)20-25(22,23)10-5-3-2-4-9(10)15/h2-5,8H,6-7H2,1H3,(H2,16,17,18,19,20,21). The quantitative estimate of drug-likeness (QED) is 0.742. The molecule has 0 radical (unpaired) electrons. The molecule has 0 bridgehead atoms. The Morgan fingerprint density at radius 3 is 2.60 bits per heavy atom. The lowest BCUT2D eigenvalue weighted by Gasteiger charge is -2.10. The van der Waals surface area contributed by atoms with Gasteiger partial charge in [0.2, 0.25) is 5.95 Å². The van der Waals surface area contributed by atoms with E-state index < -0.39 is 16.1 Å². The number of hydrogen-bond donors (Lipinski definition) is 2. The summed E-state index contributed by atoms with van der Waals surface area (Å²) in [5.41, 5.74) is 0. The molecule has 1 aromatic heterocycles. The van der Waals surface area contributed by atoms with Crippen molar-refractivity contribution >= 4 is 45.4 Å². The van der Waals surface area contributed by atoms with Gasteiger partial charge in [0.15, 0.2) is 5.16 Å². The number of anilines is 1. The lowest BCUT2D eigenvalue weighted by Crippen LogP contribution is -2.35. The average molecular weight is 400 g/mol. The largest absolute Gasteiger partial charge is 0.335 e. The molecule has 0 unspecified atom stereocenters. The molecular formula is C14H14ClN5O3S2. The molecule has 11 heteroatoms. The number of carbonyl (C=O) groups is 1. The summed E-state index contributed by atoms with van der Waals surface area (Å²) in [7, 11) is -4.11. The van der Waals surface area contributed by atoms with Gasteiger partial charge in [-0.15, -0.1) is 0 Å². The van der Waals surface area contributed by atoms with E-state index in [1.807, 2.05) is 4.72 Å². The number of carbonyl (C=O) groups excluding carboxylic acids is 1. The Balaban J connectivity index is 1.76. The zero-order valence-electron chi connectivity index (χ0n) is 13.1. The first-order valence-corrected chi connectivity index (χ1v) is 10.4. The van der Waals surface area contributed by atoms with Gasteiger partial charge in [0.1, 0.15) is 10.7 Å². The van der Waals surface area contributed by atoms with Gasteiger partial charge >= 0.3 is 6.03 Å². The van der Waals surface area contributed by atoms with Crippen LogP contribution in [0.4, 0.5) is 10.7 Å². The second-order valence-electron chi connectivity index (χ2n) is 5.27. The van der Waals surface area contributed by atoms with Crippen molar-refractivity contribution < 1.29 is 13.2 Å². The molecule has 2 amide bonds. The second-order valence-corrected chi connectivity index (χ2v) is 8.10. The van der Waals surface area contributed by atoms with E-state index in [0.29, 0.717) is 11.0 Å². The van der Waals surface area contributed by atoms with E-state index in [-0.39, 0.29) is 21.8 Å². The molecular weight excluding hydrogens is 386 g/mol. The number of nitrogens with zero attached hydrogens (tertiary/aromatic N) is 3. The molecule has 0 aliphatic heterocycles. The van der Waals surface area contributed by atoms with Crippen molar-refractivity contribution in [1.82, 2.24) is 19.7 Å². The van der Waals surface area contributed by atoms with Crippen molar-refractivity contribution in [1.29, 1.82) is 0 Å². The predicted octanol–water partition coefficient (Wildman–Crippen LogP) is 2.63. The molecule has 8 nitrogen and oxygen atoms in total. The van der Waals surface area contributed by atoms with Crippen LogP contribution in [0.5, 0.6) is 0 Å². The maximum atomic E-state index is 12.2. The van der Waals surface area contributed by atoms with Crippen LogP contribution in [0.1, 0.15) is 24.6 Å². The van der Waals surface area contributed by atoms with Gasteiger partial charge in [-0.25, -0.2) is 22.9 Å². The van der Waals surface area contributed by atoms with Gasteiger partial charge in [-0.2, -0.15) is 9.97 Å². The molecule has 0 saturated heterocycles. The van der Waals surface area contributed by atoms with Crippen LogP contribution in [0.3, 0.4) is 0 Å². The molecule has 1 aliphatic carbocycles. The Morgan fingerprint density at radius 2 is 1.96 bits per heavy atom. The average Bonchev–Trinajstić information content (AvgIpc) is 3.39. The van der Waals surface area contributed by atoms with Crippen molar-refractivity contribution in [2.45, 2.75) is 28.8 Å².